The lowest BCUT2D eigenvalue weighted by atomic mass is 10.2. The molecule has 0 aliphatic heterocycles. The highest BCUT2D eigenvalue weighted by atomic mass is 32.1. The molecule has 0 fully saturated rings. The second-order valence-electron chi connectivity index (χ2n) is 2.82. The van der Waals surface area contributed by atoms with Gasteiger partial charge in [0.15, 0.2) is 0 Å². The first-order valence-corrected chi connectivity index (χ1v) is 4.86. The normalized spacial score (nSPS) is 9.33. The average Bonchev–Trinajstić information content (AvgIpc) is 2.18. The Kier molecular flexibility index (Phi) is 4.01. The number of hydrogen-bond donors (Lipinski definition) is 1. The van der Waals surface area contributed by atoms with Crippen LogP contribution in [0.5, 0.6) is 0 Å². The van der Waals surface area contributed by atoms with E-state index in [0.29, 0.717) is 22.5 Å². The first-order chi connectivity index (χ1) is 7.17. The maximum absolute atomic E-state index is 11.1. The molecule has 1 aromatic heterocycles. The van der Waals surface area contributed by atoms with Gasteiger partial charge in [-0.1, -0.05) is 12.2 Å². The molecule has 0 saturated heterocycles. The van der Waals surface area contributed by atoms with Crippen LogP contribution in [0.4, 0.5) is 0 Å². The lowest BCUT2D eigenvalue weighted by molar-refractivity contribution is -0.142. The van der Waals surface area contributed by atoms with Crippen LogP contribution in [-0.4, -0.2) is 17.6 Å². The topological polar surface area (TPSA) is 65.9 Å². The first kappa shape index (κ1) is 11.4. The van der Waals surface area contributed by atoms with Crippen LogP contribution in [0.25, 0.3) is 0 Å². The highest BCUT2D eigenvalue weighted by molar-refractivity contribution is 7.71. The maximum atomic E-state index is 11.1. The summed E-state index contributed by atoms with van der Waals surface area (Å²) in [4.78, 5) is 13.9. The van der Waals surface area contributed by atoms with E-state index in [0.717, 1.165) is 0 Å². The van der Waals surface area contributed by atoms with Crippen molar-refractivity contribution in [1.82, 2.24) is 4.98 Å². The van der Waals surface area contributed by atoms with E-state index in [-0.39, 0.29) is 12.4 Å². The SMILES string of the molecule is CCOC(=O)Cc1ccc(C#N)c(=S)[nH]1. The van der Waals surface area contributed by atoms with Crippen molar-refractivity contribution in [3.8, 4) is 6.07 Å². The smallest absolute Gasteiger partial charge is 0.311 e. The fourth-order valence-corrected chi connectivity index (χ4v) is 1.32. The van der Waals surface area contributed by atoms with Crippen molar-refractivity contribution in [1.29, 1.82) is 5.26 Å². The van der Waals surface area contributed by atoms with Crippen molar-refractivity contribution in [3.63, 3.8) is 0 Å². The highest BCUT2D eigenvalue weighted by Crippen LogP contribution is 2.03. The fourth-order valence-electron chi connectivity index (χ4n) is 1.07. The van der Waals surface area contributed by atoms with Crippen LogP contribution in [0, 0.1) is 16.0 Å². The lowest BCUT2D eigenvalue weighted by Gasteiger charge is -2.02. The van der Waals surface area contributed by atoms with Crippen molar-refractivity contribution in [2.24, 2.45) is 0 Å². The van der Waals surface area contributed by atoms with E-state index >= 15 is 0 Å². The number of carbonyl (C=O) groups excluding carboxylic acids is 1. The third-order valence-electron chi connectivity index (χ3n) is 1.73. The highest BCUT2D eigenvalue weighted by Gasteiger charge is 2.04. The van der Waals surface area contributed by atoms with E-state index < -0.39 is 0 Å². The maximum Gasteiger partial charge on any atom is 0.311 e. The van der Waals surface area contributed by atoms with Gasteiger partial charge in [-0.3, -0.25) is 4.79 Å². The third-order valence-corrected chi connectivity index (χ3v) is 2.05. The molecule has 5 heteroatoms. The van der Waals surface area contributed by atoms with Gasteiger partial charge in [0.1, 0.15) is 10.7 Å². The summed E-state index contributed by atoms with van der Waals surface area (Å²) in [5.41, 5.74) is 1.05. The minimum Gasteiger partial charge on any atom is -0.466 e. The van der Waals surface area contributed by atoms with Gasteiger partial charge in [-0.2, -0.15) is 5.26 Å². The molecule has 0 bridgehead atoms. The molecule has 0 aliphatic rings. The molecule has 0 atom stereocenters. The van der Waals surface area contributed by atoms with Crippen molar-refractivity contribution >= 4 is 18.2 Å². The number of H-pyrrole nitrogens is 1. The van der Waals surface area contributed by atoms with Crippen LogP contribution in [0.2, 0.25) is 0 Å². The Balaban J connectivity index is 2.81. The fraction of sp³-hybridized carbons (Fsp3) is 0.300. The van der Waals surface area contributed by atoms with Crippen LogP contribution in [0.3, 0.4) is 0 Å². The summed E-state index contributed by atoms with van der Waals surface area (Å²) in [7, 11) is 0. The first-order valence-electron chi connectivity index (χ1n) is 4.45. The van der Waals surface area contributed by atoms with Crippen molar-refractivity contribution in [2.75, 3.05) is 6.61 Å². The number of nitrogens with zero attached hydrogens (tertiary/aromatic N) is 1. The van der Waals surface area contributed by atoms with E-state index in [1.165, 1.54) is 0 Å². The zero-order valence-electron chi connectivity index (χ0n) is 8.24. The second kappa shape index (κ2) is 5.27. The van der Waals surface area contributed by atoms with Crippen LogP contribution >= 0.6 is 12.2 Å². The van der Waals surface area contributed by atoms with Gasteiger partial charge in [0.2, 0.25) is 0 Å². The number of ether oxygens (including phenoxy) is 1. The summed E-state index contributed by atoms with van der Waals surface area (Å²) in [6.07, 6.45) is 0.142. The minimum absolute atomic E-state index is 0.142. The van der Waals surface area contributed by atoms with E-state index in [1.807, 2.05) is 6.07 Å². The molecule has 15 heavy (non-hydrogen) atoms. The quantitative estimate of drug-likeness (QED) is 0.624. The lowest BCUT2D eigenvalue weighted by Crippen LogP contribution is -2.08. The number of hydrogen-bond acceptors (Lipinski definition) is 4. The number of aromatic amines is 1. The summed E-state index contributed by atoms with van der Waals surface area (Å²) in [6, 6.07) is 5.20. The molecule has 0 radical (unpaired) electrons. The Morgan fingerprint density at radius 3 is 2.93 bits per heavy atom. The van der Waals surface area contributed by atoms with Crippen LogP contribution in [0.1, 0.15) is 18.2 Å². The number of pyridine rings is 1. The third kappa shape index (κ3) is 3.18. The van der Waals surface area contributed by atoms with E-state index in [2.05, 4.69) is 4.98 Å². The second-order valence-corrected chi connectivity index (χ2v) is 3.23. The van der Waals surface area contributed by atoms with Gasteiger partial charge in [0.25, 0.3) is 0 Å². The molecule has 0 amide bonds. The van der Waals surface area contributed by atoms with Gasteiger partial charge < -0.3 is 9.72 Å². The van der Waals surface area contributed by atoms with Gasteiger partial charge in [-0.25, -0.2) is 0 Å². The number of carbonyl (C=O) groups is 1. The Labute approximate surface area is 92.5 Å². The molecular weight excluding hydrogens is 212 g/mol. The van der Waals surface area contributed by atoms with Crippen LogP contribution in [-0.2, 0) is 16.0 Å². The van der Waals surface area contributed by atoms with Crippen LogP contribution in [0.15, 0.2) is 12.1 Å². The Bertz CT molecular complexity index is 459. The molecular formula is C10H10N2O2S. The largest absolute Gasteiger partial charge is 0.466 e. The van der Waals surface area contributed by atoms with Crippen molar-refractivity contribution < 1.29 is 9.53 Å². The number of aromatic nitrogens is 1. The van der Waals surface area contributed by atoms with Gasteiger partial charge in [0, 0.05) is 5.69 Å². The number of rotatable bonds is 3. The molecule has 0 spiro atoms. The Morgan fingerprint density at radius 1 is 1.67 bits per heavy atom. The van der Waals surface area contributed by atoms with E-state index in [4.69, 9.17) is 22.2 Å². The van der Waals surface area contributed by atoms with E-state index in [1.54, 1.807) is 19.1 Å². The summed E-state index contributed by atoms with van der Waals surface area (Å²) in [5, 5.41) is 8.65. The zero-order valence-corrected chi connectivity index (χ0v) is 9.06. The molecule has 78 valence electrons. The molecule has 1 N–H and O–H groups in total. The van der Waals surface area contributed by atoms with Gasteiger partial charge in [-0.15, -0.1) is 0 Å². The van der Waals surface area contributed by atoms with E-state index in [9.17, 15) is 4.79 Å². The van der Waals surface area contributed by atoms with Crippen LogP contribution < -0.4 is 0 Å². The van der Waals surface area contributed by atoms with Gasteiger partial charge >= 0.3 is 5.97 Å². The number of nitrogens with one attached hydrogen (secondary N) is 1. The molecule has 0 unspecified atom stereocenters. The average molecular weight is 222 g/mol. The molecule has 4 nitrogen and oxygen atoms in total. The summed E-state index contributed by atoms with van der Waals surface area (Å²) in [5.74, 6) is -0.312. The molecule has 1 heterocycles. The minimum atomic E-state index is -0.312. The predicted octanol–water partition coefficient (Wildman–Crippen LogP) is 1.72. The summed E-state index contributed by atoms with van der Waals surface area (Å²) in [6.45, 7) is 2.11. The van der Waals surface area contributed by atoms with Crippen molar-refractivity contribution in [2.45, 2.75) is 13.3 Å². The number of nitriles is 1. The molecule has 0 saturated carbocycles. The van der Waals surface area contributed by atoms with Gasteiger partial charge in [-0.05, 0) is 19.1 Å². The summed E-state index contributed by atoms with van der Waals surface area (Å²) >= 11 is 4.93. The predicted molar refractivity (Wildman–Crippen MR) is 56.7 cm³/mol. The molecule has 0 aliphatic carbocycles. The van der Waals surface area contributed by atoms with Crippen molar-refractivity contribution in [3.05, 3.63) is 28.0 Å². The Morgan fingerprint density at radius 2 is 2.40 bits per heavy atom. The molecule has 0 aromatic carbocycles. The monoisotopic (exact) mass is 222 g/mol. The molecule has 1 rings (SSSR count). The standard InChI is InChI=1S/C10H10N2O2S/c1-2-14-9(13)5-8-4-3-7(6-11)10(15)12-8/h3-4H,2,5H2,1H3,(H,12,15). The molecule has 1 aromatic rings. The zero-order chi connectivity index (χ0) is 11.3. The number of esters is 1. The van der Waals surface area contributed by atoms with Gasteiger partial charge in [0.05, 0.1) is 18.6 Å². The summed E-state index contributed by atoms with van der Waals surface area (Å²) < 4.78 is 5.13. The Hall–Kier alpha value is -1.67.